The Hall–Kier alpha value is -3.05. The van der Waals surface area contributed by atoms with E-state index in [0.29, 0.717) is 23.2 Å². The molecule has 0 saturated carbocycles. The fourth-order valence-electron chi connectivity index (χ4n) is 3.26. The highest BCUT2D eigenvalue weighted by Crippen LogP contribution is 2.20. The van der Waals surface area contributed by atoms with Gasteiger partial charge in [0, 0.05) is 24.8 Å². The van der Waals surface area contributed by atoms with Gasteiger partial charge in [0.1, 0.15) is 12.3 Å². The smallest absolute Gasteiger partial charge is 0.238 e. The Morgan fingerprint density at radius 2 is 1.83 bits per heavy atom. The minimum Gasteiger partial charge on any atom is -0.471 e. The molecule has 1 aliphatic heterocycles. The van der Waals surface area contributed by atoms with Crippen LogP contribution in [0.3, 0.4) is 0 Å². The second-order valence-corrected chi connectivity index (χ2v) is 8.74. The molecule has 2 N–H and O–H groups in total. The quantitative estimate of drug-likeness (QED) is 0.625. The van der Waals surface area contributed by atoms with Crippen LogP contribution in [0.5, 0.6) is 5.88 Å². The van der Waals surface area contributed by atoms with Gasteiger partial charge in [0.2, 0.25) is 21.9 Å². The van der Waals surface area contributed by atoms with Crippen molar-refractivity contribution in [3.05, 3.63) is 47.9 Å². The molecule has 0 atom stereocenters. The highest BCUT2D eigenvalue weighted by molar-refractivity contribution is 7.89. The minimum atomic E-state index is -3.73. The van der Waals surface area contributed by atoms with Crippen LogP contribution in [-0.2, 0) is 16.6 Å². The number of nitrogens with zero attached hydrogens (tertiary/aromatic N) is 6. The van der Waals surface area contributed by atoms with Crippen molar-refractivity contribution in [3.8, 4) is 11.6 Å². The van der Waals surface area contributed by atoms with Crippen molar-refractivity contribution >= 4 is 16.0 Å². The first kappa shape index (κ1) is 20.2. The normalized spacial score (nSPS) is 14.7. The van der Waals surface area contributed by atoms with E-state index in [1.807, 2.05) is 6.92 Å². The number of anilines is 1. The van der Waals surface area contributed by atoms with Gasteiger partial charge in [-0.3, -0.25) is 0 Å². The molecule has 10 nitrogen and oxygen atoms in total. The van der Waals surface area contributed by atoms with Gasteiger partial charge in [-0.25, -0.2) is 23.2 Å². The van der Waals surface area contributed by atoms with E-state index in [0.717, 1.165) is 31.6 Å². The number of hydrogen-bond donors (Lipinski definition) is 1. The third-order valence-corrected chi connectivity index (χ3v) is 5.73. The molecular weight excluding hydrogens is 406 g/mol. The molecule has 1 aliphatic rings. The maximum absolute atomic E-state index is 11.4. The maximum Gasteiger partial charge on any atom is 0.238 e. The molecule has 2 aromatic heterocycles. The number of benzene rings is 1. The molecule has 1 aromatic carbocycles. The van der Waals surface area contributed by atoms with Crippen LogP contribution < -0.4 is 14.8 Å². The van der Waals surface area contributed by atoms with Crippen molar-refractivity contribution in [2.24, 2.45) is 5.14 Å². The van der Waals surface area contributed by atoms with Crippen molar-refractivity contribution in [3.63, 3.8) is 0 Å². The van der Waals surface area contributed by atoms with Gasteiger partial charge in [-0.05, 0) is 50.5 Å². The molecule has 4 rings (SSSR count). The lowest BCUT2D eigenvalue weighted by Gasteiger charge is -2.26. The van der Waals surface area contributed by atoms with E-state index in [1.54, 1.807) is 24.4 Å². The maximum atomic E-state index is 11.4. The van der Waals surface area contributed by atoms with Gasteiger partial charge in [-0.2, -0.15) is 4.98 Å². The number of aryl methyl sites for hydroxylation is 1. The van der Waals surface area contributed by atoms with Crippen LogP contribution in [0.25, 0.3) is 5.69 Å². The third kappa shape index (κ3) is 4.74. The standard InChI is InChI=1S/C19H23N7O3S/c1-14-11-18(22-19(21-14)25-9-3-2-4-10-25)29-13-15-12-26(24-23-15)16-5-7-17(8-6-16)30(20,27)28/h5-8,11-12H,2-4,9-10,13H2,1H3,(H2,20,27,28). The van der Waals surface area contributed by atoms with Gasteiger partial charge in [0.05, 0.1) is 16.8 Å². The molecule has 1 fully saturated rings. The van der Waals surface area contributed by atoms with Gasteiger partial charge < -0.3 is 9.64 Å². The van der Waals surface area contributed by atoms with Crippen LogP contribution in [0.1, 0.15) is 30.7 Å². The number of aromatic nitrogens is 5. The predicted molar refractivity (Wildman–Crippen MR) is 110 cm³/mol. The minimum absolute atomic E-state index is 0.0403. The topological polar surface area (TPSA) is 129 Å². The van der Waals surface area contributed by atoms with E-state index in [-0.39, 0.29) is 11.5 Å². The van der Waals surface area contributed by atoms with E-state index < -0.39 is 10.0 Å². The predicted octanol–water partition coefficient (Wildman–Crippen LogP) is 1.58. The summed E-state index contributed by atoms with van der Waals surface area (Å²) in [6.45, 7) is 4.04. The number of ether oxygens (including phenoxy) is 1. The van der Waals surface area contributed by atoms with Crippen LogP contribution in [0, 0.1) is 6.92 Å². The van der Waals surface area contributed by atoms with Gasteiger partial charge in [0.15, 0.2) is 0 Å². The first-order chi connectivity index (χ1) is 14.4. The van der Waals surface area contributed by atoms with E-state index >= 15 is 0 Å². The van der Waals surface area contributed by atoms with E-state index in [1.165, 1.54) is 23.2 Å². The Labute approximate surface area is 174 Å². The lowest BCUT2D eigenvalue weighted by Crippen LogP contribution is -2.31. The molecule has 0 aliphatic carbocycles. The zero-order valence-electron chi connectivity index (χ0n) is 16.6. The first-order valence-corrected chi connectivity index (χ1v) is 11.2. The highest BCUT2D eigenvalue weighted by atomic mass is 32.2. The summed E-state index contributed by atoms with van der Waals surface area (Å²) in [4.78, 5) is 11.3. The summed E-state index contributed by atoms with van der Waals surface area (Å²) in [6, 6.07) is 7.86. The summed E-state index contributed by atoms with van der Waals surface area (Å²) >= 11 is 0. The van der Waals surface area contributed by atoms with Crippen LogP contribution >= 0.6 is 0 Å². The molecule has 0 bridgehead atoms. The Balaban J connectivity index is 1.44. The van der Waals surface area contributed by atoms with Crippen molar-refractivity contribution < 1.29 is 13.2 Å². The summed E-state index contributed by atoms with van der Waals surface area (Å²) in [6.07, 6.45) is 5.25. The first-order valence-electron chi connectivity index (χ1n) is 9.66. The molecule has 158 valence electrons. The van der Waals surface area contributed by atoms with Crippen LogP contribution in [0.4, 0.5) is 5.95 Å². The average molecular weight is 430 g/mol. The Morgan fingerprint density at radius 1 is 1.10 bits per heavy atom. The van der Waals surface area contributed by atoms with Crippen molar-refractivity contribution in [2.75, 3.05) is 18.0 Å². The molecule has 0 radical (unpaired) electrons. The van der Waals surface area contributed by atoms with Crippen LogP contribution in [-0.4, -0.2) is 46.5 Å². The lowest BCUT2D eigenvalue weighted by molar-refractivity contribution is 0.288. The SMILES string of the molecule is Cc1cc(OCc2cn(-c3ccc(S(N)(=O)=O)cc3)nn2)nc(N2CCCCC2)n1. The Morgan fingerprint density at radius 3 is 2.53 bits per heavy atom. The van der Waals surface area contributed by atoms with Crippen molar-refractivity contribution in [1.29, 1.82) is 0 Å². The number of sulfonamides is 1. The monoisotopic (exact) mass is 429 g/mol. The van der Waals surface area contributed by atoms with Crippen LogP contribution in [0.15, 0.2) is 41.4 Å². The van der Waals surface area contributed by atoms with E-state index in [9.17, 15) is 8.42 Å². The van der Waals surface area contributed by atoms with Crippen molar-refractivity contribution in [1.82, 2.24) is 25.0 Å². The summed E-state index contributed by atoms with van der Waals surface area (Å²) in [5, 5.41) is 13.3. The second-order valence-electron chi connectivity index (χ2n) is 7.18. The third-order valence-electron chi connectivity index (χ3n) is 4.80. The highest BCUT2D eigenvalue weighted by Gasteiger charge is 2.15. The molecule has 11 heteroatoms. The lowest BCUT2D eigenvalue weighted by atomic mass is 10.1. The number of piperidine rings is 1. The van der Waals surface area contributed by atoms with E-state index in [4.69, 9.17) is 9.88 Å². The Kier molecular flexibility index (Phi) is 5.64. The Bertz CT molecular complexity index is 1120. The summed E-state index contributed by atoms with van der Waals surface area (Å²) in [5.41, 5.74) is 2.12. The fourth-order valence-corrected chi connectivity index (χ4v) is 3.78. The molecule has 3 aromatic rings. The van der Waals surface area contributed by atoms with Gasteiger partial charge >= 0.3 is 0 Å². The van der Waals surface area contributed by atoms with Gasteiger partial charge in [-0.1, -0.05) is 5.21 Å². The van der Waals surface area contributed by atoms with Gasteiger partial charge in [0.25, 0.3) is 0 Å². The summed E-state index contributed by atoms with van der Waals surface area (Å²) in [7, 11) is -3.73. The molecule has 0 amide bonds. The number of rotatable bonds is 6. The molecular formula is C19H23N7O3S. The van der Waals surface area contributed by atoms with Crippen molar-refractivity contribution in [2.45, 2.75) is 37.7 Å². The zero-order chi connectivity index (χ0) is 21.1. The number of nitrogens with two attached hydrogens (primary N) is 1. The van der Waals surface area contributed by atoms with Crippen LogP contribution in [0.2, 0.25) is 0 Å². The number of primary sulfonamides is 1. The molecule has 30 heavy (non-hydrogen) atoms. The molecule has 1 saturated heterocycles. The van der Waals surface area contributed by atoms with Gasteiger partial charge in [-0.15, -0.1) is 5.10 Å². The fraction of sp³-hybridized carbons (Fsp3) is 0.368. The zero-order valence-corrected chi connectivity index (χ0v) is 17.4. The van der Waals surface area contributed by atoms with E-state index in [2.05, 4.69) is 25.2 Å². The average Bonchev–Trinajstić information content (AvgIpc) is 3.21. The largest absolute Gasteiger partial charge is 0.471 e. The molecule has 3 heterocycles. The molecule has 0 unspecified atom stereocenters. The second kappa shape index (κ2) is 8.36. The molecule has 0 spiro atoms. The summed E-state index contributed by atoms with van der Waals surface area (Å²) < 4.78 is 30.1. The summed E-state index contributed by atoms with van der Waals surface area (Å²) in [5.74, 6) is 1.19. The number of hydrogen-bond acceptors (Lipinski definition) is 8.